The zero-order valence-electron chi connectivity index (χ0n) is 22.4. The Labute approximate surface area is 224 Å². The summed E-state index contributed by atoms with van der Waals surface area (Å²) in [7, 11) is 2.18. The molecule has 0 saturated carbocycles. The molecule has 5 heterocycles. The lowest BCUT2D eigenvalue weighted by Gasteiger charge is -2.03. The number of H-pyrrole nitrogens is 1. The number of fused-ring (bicyclic) bond motifs is 1. The Morgan fingerprint density at radius 3 is 2.26 bits per heavy atom. The molecule has 4 aromatic heterocycles. The number of Topliss-reactive ketones (excluding diaryl/α,β-unsaturated/α-hetero) is 1. The minimum absolute atomic E-state index is 0.00698. The van der Waals surface area contributed by atoms with Crippen LogP contribution in [-0.4, -0.2) is 56.0 Å². The van der Waals surface area contributed by atoms with E-state index in [0.29, 0.717) is 11.2 Å². The van der Waals surface area contributed by atoms with Gasteiger partial charge in [-0.3, -0.25) is 19.9 Å². The maximum Gasteiger partial charge on any atom is 0.181 e. The van der Waals surface area contributed by atoms with Crippen LogP contribution in [0.25, 0.3) is 33.4 Å². The van der Waals surface area contributed by atoms with Gasteiger partial charge in [-0.1, -0.05) is 37.3 Å². The standard InChI is InChI=1S/C14H12N4O.C11H9N.C6H13N/c1-8-5-10(3-4-15-8)13-12-6-11(9(2)19)7-16-14(12)18-17-13;1-2-4-10(5-3-1)11-6-8-12-9-7-11;1-6-3-4-7(2)5-6/h3-7H,1-2H3,(H,16,17,18);1-9H;6H,3-5H2,1-2H3. The number of nitrogens with zero attached hydrogens (tertiary/aromatic N) is 5. The molecule has 1 fully saturated rings. The minimum Gasteiger partial charge on any atom is -0.306 e. The Morgan fingerprint density at radius 2 is 1.66 bits per heavy atom. The molecule has 0 radical (unpaired) electrons. The molecule has 0 aliphatic carbocycles. The van der Waals surface area contributed by atoms with Crippen LogP contribution in [0.3, 0.4) is 0 Å². The Morgan fingerprint density at radius 1 is 0.947 bits per heavy atom. The maximum atomic E-state index is 11.4. The fourth-order valence-corrected chi connectivity index (χ4v) is 4.34. The highest BCUT2D eigenvalue weighted by atomic mass is 16.1. The molecular formula is C31H34N6O. The van der Waals surface area contributed by atoms with Crippen LogP contribution >= 0.6 is 0 Å². The summed E-state index contributed by atoms with van der Waals surface area (Å²) in [6.07, 6.45) is 8.31. The first-order valence-corrected chi connectivity index (χ1v) is 12.8. The Bertz CT molecular complexity index is 1420. The molecule has 5 aromatic rings. The van der Waals surface area contributed by atoms with E-state index in [9.17, 15) is 4.79 Å². The monoisotopic (exact) mass is 506 g/mol. The maximum absolute atomic E-state index is 11.4. The van der Waals surface area contributed by atoms with Gasteiger partial charge in [-0.25, -0.2) is 4.98 Å². The number of rotatable bonds is 3. The molecule has 7 heteroatoms. The molecule has 38 heavy (non-hydrogen) atoms. The van der Waals surface area contributed by atoms with Crippen molar-refractivity contribution in [1.82, 2.24) is 30.0 Å². The normalized spacial score (nSPS) is 14.8. The molecule has 1 aliphatic rings. The van der Waals surface area contributed by atoms with Gasteiger partial charge in [0.2, 0.25) is 0 Å². The third-order valence-electron chi connectivity index (χ3n) is 6.42. The van der Waals surface area contributed by atoms with E-state index in [-0.39, 0.29) is 5.78 Å². The Kier molecular flexibility index (Phi) is 9.06. The van der Waals surface area contributed by atoms with Gasteiger partial charge in [0.1, 0.15) is 0 Å². The summed E-state index contributed by atoms with van der Waals surface area (Å²) in [4.78, 5) is 26.1. The number of aryl methyl sites for hydroxylation is 1. The van der Waals surface area contributed by atoms with E-state index in [1.54, 1.807) is 12.4 Å². The molecule has 6 rings (SSSR count). The lowest BCUT2D eigenvalue weighted by Crippen LogP contribution is -2.12. The van der Waals surface area contributed by atoms with Crippen molar-refractivity contribution in [1.29, 1.82) is 0 Å². The molecule has 1 atom stereocenters. The zero-order valence-corrected chi connectivity index (χ0v) is 22.4. The Hall–Kier alpha value is -4.23. The number of likely N-dealkylation sites (tertiary alicyclic amines) is 1. The number of benzene rings is 1. The van der Waals surface area contributed by atoms with Crippen molar-refractivity contribution in [2.75, 3.05) is 20.1 Å². The minimum atomic E-state index is -0.00698. The van der Waals surface area contributed by atoms with Crippen molar-refractivity contribution in [2.45, 2.75) is 27.2 Å². The van der Waals surface area contributed by atoms with Gasteiger partial charge in [-0.05, 0) is 81.2 Å². The van der Waals surface area contributed by atoms with Crippen molar-refractivity contribution in [2.24, 2.45) is 5.92 Å². The molecule has 194 valence electrons. The first kappa shape index (κ1) is 26.8. The van der Waals surface area contributed by atoms with Crippen LogP contribution in [0.15, 0.2) is 85.5 Å². The summed E-state index contributed by atoms with van der Waals surface area (Å²) in [6.45, 7) is 8.38. The van der Waals surface area contributed by atoms with Crippen LogP contribution in [0.5, 0.6) is 0 Å². The molecule has 1 unspecified atom stereocenters. The lowest BCUT2D eigenvalue weighted by atomic mass is 10.1. The molecule has 1 saturated heterocycles. The second-order valence-corrected chi connectivity index (χ2v) is 9.69. The van der Waals surface area contributed by atoms with E-state index in [4.69, 9.17) is 0 Å². The van der Waals surface area contributed by atoms with E-state index in [0.717, 1.165) is 28.3 Å². The fourth-order valence-electron chi connectivity index (χ4n) is 4.34. The molecular weight excluding hydrogens is 472 g/mol. The first-order chi connectivity index (χ1) is 18.4. The number of ketones is 1. The largest absolute Gasteiger partial charge is 0.306 e. The second-order valence-electron chi connectivity index (χ2n) is 9.69. The third kappa shape index (κ3) is 7.17. The number of aromatic nitrogens is 5. The number of nitrogens with one attached hydrogen (secondary N) is 1. The Balaban J connectivity index is 0.000000150. The molecule has 7 nitrogen and oxygen atoms in total. The summed E-state index contributed by atoms with van der Waals surface area (Å²) in [5.74, 6) is 0.942. The zero-order chi connectivity index (χ0) is 26.9. The fraction of sp³-hybridized carbons (Fsp3) is 0.258. The van der Waals surface area contributed by atoms with Gasteiger partial charge in [0.15, 0.2) is 11.4 Å². The predicted molar refractivity (Wildman–Crippen MR) is 153 cm³/mol. The number of aromatic amines is 1. The third-order valence-corrected chi connectivity index (χ3v) is 6.42. The molecule has 1 N–H and O–H groups in total. The summed E-state index contributed by atoms with van der Waals surface area (Å²) in [5, 5.41) is 7.97. The topological polar surface area (TPSA) is 87.7 Å². The van der Waals surface area contributed by atoms with Crippen molar-refractivity contribution >= 4 is 16.8 Å². The highest BCUT2D eigenvalue weighted by molar-refractivity contribution is 5.99. The van der Waals surface area contributed by atoms with Crippen LogP contribution < -0.4 is 0 Å². The highest BCUT2D eigenvalue weighted by Gasteiger charge is 2.13. The van der Waals surface area contributed by atoms with Gasteiger partial charge < -0.3 is 4.90 Å². The number of carbonyl (C=O) groups is 1. The quantitative estimate of drug-likeness (QED) is 0.292. The van der Waals surface area contributed by atoms with E-state index in [1.807, 2.05) is 67.8 Å². The molecule has 1 aromatic carbocycles. The summed E-state index contributed by atoms with van der Waals surface area (Å²) >= 11 is 0. The summed E-state index contributed by atoms with van der Waals surface area (Å²) in [5.41, 5.74) is 6.41. The van der Waals surface area contributed by atoms with Gasteiger partial charge in [-0.2, -0.15) is 5.10 Å². The molecule has 0 amide bonds. The van der Waals surface area contributed by atoms with Gasteiger partial charge in [0, 0.05) is 53.5 Å². The number of carbonyl (C=O) groups excluding carboxylic acids is 1. The van der Waals surface area contributed by atoms with Crippen LogP contribution in [0.2, 0.25) is 0 Å². The van der Waals surface area contributed by atoms with Crippen molar-refractivity contribution in [3.05, 3.63) is 96.7 Å². The molecule has 0 spiro atoms. The van der Waals surface area contributed by atoms with E-state index >= 15 is 0 Å². The van der Waals surface area contributed by atoms with Crippen molar-refractivity contribution in [3.8, 4) is 22.4 Å². The molecule has 1 aliphatic heterocycles. The predicted octanol–water partition coefficient (Wildman–Crippen LogP) is 6.24. The van der Waals surface area contributed by atoms with Crippen molar-refractivity contribution < 1.29 is 4.79 Å². The highest BCUT2D eigenvalue weighted by Crippen LogP contribution is 2.26. The van der Waals surface area contributed by atoms with Crippen LogP contribution in [0, 0.1) is 12.8 Å². The lowest BCUT2D eigenvalue weighted by molar-refractivity contribution is 0.101. The summed E-state index contributed by atoms with van der Waals surface area (Å²) < 4.78 is 0. The van der Waals surface area contributed by atoms with Gasteiger partial charge in [0.25, 0.3) is 0 Å². The van der Waals surface area contributed by atoms with Crippen LogP contribution in [-0.2, 0) is 0 Å². The smallest absolute Gasteiger partial charge is 0.181 e. The van der Waals surface area contributed by atoms with Crippen LogP contribution in [0.1, 0.15) is 36.3 Å². The average molecular weight is 507 g/mol. The van der Waals surface area contributed by atoms with Gasteiger partial charge >= 0.3 is 0 Å². The van der Waals surface area contributed by atoms with Crippen LogP contribution in [0.4, 0.5) is 0 Å². The van der Waals surface area contributed by atoms with E-state index in [2.05, 4.69) is 56.2 Å². The average Bonchev–Trinajstić information content (AvgIpc) is 3.54. The SMILES string of the molecule is CC(=O)c1cnc2n[nH]c(-c3ccnc(C)c3)c2c1.CC1CCN(C)C1.c1ccc(-c2ccncc2)cc1. The van der Waals surface area contributed by atoms with E-state index < -0.39 is 0 Å². The van der Waals surface area contributed by atoms with Crippen molar-refractivity contribution in [3.63, 3.8) is 0 Å². The summed E-state index contributed by atoms with van der Waals surface area (Å²) in [6, 6.07) is 20.0. The first-order valence-electron chi connectivity index (χ1n) is 12.8. The van der Waals surface area contributed by atoms with Gasteiger partial charge in [-0.15, -0.1) is 0 Å². The van der Waals surface area contributed by atoms with Gasteiger partial charge in [0.05, 0.1) is 5.69 Å². The molecule has 0 bridgehead atoms. The number of hydrogen-bond acceptors (Lipinski definition) is 6. The number of hydrogen-bond donors (Lipinski definition) is 1. The second kappa shape index (κ2) is 12.8. The van der Waals surface area contributed by atoms with E-state index in [1.165, 1.54) is 37.6 Å². The number of pyridine rings is 3.